The molecule has 2 nitrogen and oxygen atoms in total. The van der Waals surface area contributed by atoms with Crippen LogP contribution in [0.25, 0.3) is 0 Å². The Balaban J connectivity index is 2.24. The van der Waals surface area contributed by atoms with Crippen molar-refractivity contribution in [1.82, 2.24) is 4.98 Å². The lowest BCUT2D eigenvalue weighted by Gasteiger charge is -2.23. The highest BCUT2D eigenvalue weighted by molar-refractivity contribution is 9.10. The van der Waals surface area contributed by atoms with Crippen molar-refractivity contribution >= 4 is 21.6 Å². The molecule has 0 spiro atoms. The highest BCUT2D eigenvalue weighted by atomic mass is 79.9. The van der Waals surface area contributed by atoms with E-state index in [2.05, 4.69) is 76.5 Å². The SMILES string of the molecule is Cc1nc(Br)ccc1NC(CC(C)C)c1ccccc1. The molecule has 0 saturated carbocycles. The molecule has 3 heteroatoms. The smallest absolute Gasteiger partial charge is 0.106 e. The van der Waals surface area contributed by atoms with Crippen LogP contribution in [-0.4, -0.2) is 4.98 Å². The van der Waals surface area contributed by atoms with Gasteiger partial charge in [-0.15, -0.1) is 0 Å². The zero-order valence-corrected chi connectivity index (χ0v) is 13.8. The van der Waals surface area contributed by atoms with Crippen LogP contribution < -0.4 is 5.32 Å². The lowest BCUT2D eigenvalue weighted by molar-refractivity contribution is 0.530. The summed E-state index contributed by atoms with van der Waals surface area (Å²) in [5.74, 6) is 0.636. The zero-order chi connectivity index (χ0) is 14.5. The van der Waals surface area contributed by atoms with Crippen molar-refractivity contribution in [2.24, 2.45) is 5.92 Å². The highest BCUT2D eigenvalue weighted by Crippen LogP contribution is 2.27. The summed E-state index contributed by atoms with van der Waals surface area (Å²) in [5.41, 5.74) is 3.44. The fourth-order valence-corrected chi connectivity index (χ4v) is 2.70. The van der Waals surface area contributed by atoms with Gasteiger partial charge in [0.05, 0.1) is 17.4 Å². The third kappa shape index (κ3) is 4.07. The molecule has 1 aromatic heterocycles. The molecule has 20 heavy (non-hydrogen) atoms. The van der Waals surface area contributed by atoms with Crippen molar-refractivity contribution in [3.8, 4) is 0 Å². The summed E-state index contributed by atoms with van der Waals surface area (Å²) in [4.78, 5) is 4.45. The fraction of sp³-hybridized carbons (Fsp3) is 0.353. The van der Waals surface area contributed by atoms with Crippen molar-refractivity contribution in [3.05, 3.63) is 58.3 Å². The molecule has 1 unspecified atom stereocenters. The minimum atomic E-state index is 0.317. The second-order valence-electron chi connectivity index (χ2n) is 5.50. The molecule has 1 aromatic carbocycles. The monoisotopic (exact) mass is 332 g/mol. The third-order valence-corrected chi connectivity index (χ3v) is 3.73. The number of nitrogens with zero attached hydrogens (tertiary/aromatic N) is 1. The van der Waals surface area contributed by atoms with Gasteiger partial charge in [0.15, 0.2) is 0 Å². The molecule has 106 valence electrons. The van der Waals surface area contributed by atoms with E-state index in [1.807, 2.05) is 13.0 Å². The van der Waals surface area contributed by atoms with E-state index in [4.69, 9.17) is 0 Å². The van der Waals surface area contributed by atoms with Crippen LogP contribution in [0.2, 0.25) is 0 Å². The van der Waals surface area contributed by atoms with Crippen molar-refractivity contribution in [1.29, 1.82) is 0 Å². The van der Waals surface area contributed by atoms with Crippen molar-refractivity contribution < 1.29 is 0 Å². The zero-order valence-electron chi connectivity index (χ0n) is 12.2. The molecule has 1 atom stereocenters. The lowest BCUT2D eigenvalue weighted by atomic mass is 9.96. The minimum absolute atomic E-state index is 0.317. The van der Waals surface area contributed by atoms with Crippen molar-refractivity contribution in [3.63, 3.8) is 0 Å². The van der Waals surface area contributed by atoms with Gasteiger partial charge in [-0.25, -0.2) is 4.98 Å². The van der Waals surface area contributed by atoms with Crippen LogP contribution in [-0.2, 0) is 0 Å². The number of aromatic nitrogens is 1. The van der Waals surface area contributed by atoms with Gasteiger partial charge >= 0.3 is 0 Å². The largest absolute Gasteiger partial charge is 0.377 e. The molecule has 1 heterocycles. The van der Waals surface area contributed by atoms with Crippen LogP contribution in [0.5, 0.6) is 0 Å². The molecule has 0 fully saturated rings. The average molecular weight is 333 g/mol. The molecule has 0 saturated heterocycles. The van der Waals surface area contributed by atoms with Crippen LogP contribution in [0, 0.1) is 12.8 Å². The van der Waals surface area contributed by atoms with Gasteiger partial charge in [0.2, 0.25) is 0 Å². The van der Waals surface area contributed by atoms with E-state index >= 15 is 0 Å². The van der Waals surface area contributed by atoms with Crippen LogP contribution in [0.15, 0.2) is 47.1 Å². The summed E-state index contributed by atoms with van der Waals surface area (Å²) in [7, 11) is 0. The molecule has 0 radical (unpaired) electrons. The summed E-state index contributed by atoms with van der Waals surface area (Å²) in [6.07, 6.45) is 1.10. The van der Waals surface area contributed by atoms with Crippen LogP contribution in [0.3, 0.4) is 0 Å². The quantitative estimate of drug-likeness (QED) is 0.746. The first-order chi connectivity index (χ1) is 9.56. The molecular weight excluding hydrogens is 312 g/mol. The Labute approximate surface area is 129 Å². The first-order valence-electron chi connectivity index (χ1n) is 7.01. The Morgan fingerprint density at radius 2 is 1.80 bits per heavy atom. The summed E-state index contributed by atoms with van der Waals surface area (Å²) in [5, 5.41) is 3.64. The van der Waals surface area contributed by atoms with E-state index in [1.54, 1.807) is 0 Å². The maximum absolute atomic E-state index is 4.45. The predicted octanol–water partition coefficient (Wildman–Crippen LogP) is 5.35. The van der Waals surface area contributed by atoms with Gasteiger partial charge in [-0.1, -0.05) is 44.2 Å². The van der Waals surface area contributed by atoms with E-state index < -0.39 is 0 Å². The van der Waals surface area contributed by atoms with Crippen LogP contribution in [0.4, 0.5) is 5.69 Å². The average Bonchev–Trinajstić information content (AvgIpc) is 2.41. The normalized spacial score (nSPS) is 12.4. The number of benzene rings is 1. The predicted molar refractivity (Wildman–Crippen MR) is 88.9 cm³/mol. The first kappa shape index (κ1) is 15.0. The number of hydrogen-bond acceptors (Lipinski definition) is 2. The van der Waals surface area contributed by atoms with Gasteiger partial charge < -0.3 is 5.32 Å². The Hall–Kier alpha value is -1.35. The van der Waals surface area contributed by atoms with Crippen molar-refractivity contribution in [2.45, 2.75) is 33.2 Å². The number of nitrogens with one attached hydrogen (secondary N) is 1. The number of anilines is 1. The maximum atomic E-state index is 4.45. The number of hydrogen-bond donors (Lipinski definition) is 1. The lowest BCUT2D eigenvalue weighted by Crippen LogP contribution is -2.14. The van der Waals surface area contributed by atoms with Gasteiger partial charge in [0, 0.05) is 0 Å². The number of aryl methyl sites for hydroxylation is 1. The van der Waals surface area contributed by atoms with Gasteiger partial charge in [0.1, 0.15) is 4.60 Å². The molecule has 0 aliphatic carbocycles. The Morgan fingerprint density at radius 1 is 1.10 bits per heavy atom. The summed E-state index contributed by atoms with van der Waals surface area (Å²) in [6, 6.07) is 15.0. The molecule has 1 N–H and O–H groups in total. The van der Waals surface area contributed by atoms with E-state index in [-0.39, 0.29) is 0 Å². The van der Waals surface area contributed by atoms with Crippen molar-refractivity contribution in [2.75, 3.05) is 5.32 Å². The first-order valence-corrected chi connectivity index (χ1v) is 7.80. The maximum Gasteiger partial charge on any atom is 0.106 e. The Morgan fingerprint density at radius 3 is 2.40 bits per heavy atom. The number of halogens is 1. The molecular formula is C17H21BrN2. The van der Waals surface area contributed by atoms with E-state index in [0.717, 1.165) is 22.4 Å². The topological polar surface area (TPSA) is 24.9 Å². The fourth-order valence-electron chi connectivity index (χ4n) is 2.31. The highest BCUT2D eigenvalue weighted by Gasteiger charge is 2.14. The van der Waals surface area contributed by atoms with Gasteiger partial charge in [-0.05, 0) is 52.9 Å². The minimum Gasteiger partial charge on any atom is -0.377 e. The van der Waals surface area contributed by atoms with Gasteiger partial charge in [-0.3, -0.25) is 0 Å². The third-order valence-electron chi connectivity index (χ3n) is 3.29. The van der Waals surface area contributed by atoms with Gasteiger partial charge in [-0.2, -0.15) is 0 Å². The molecule has 2 aromatic rings. The van der Waals surface area contributed by atoms with Crippen LogP contribution in [0.1, 0.15) is 37.6 Å². The molecule has 2 rings (SSSR count). The molecule has 0 bridgehead atoms. The summed E-state index contributed by atoms with van der Waals surface area (Å²) in [6.45, 7) is 6.54. The molecule has 0 amide bonds. The second-order valence-corrected chi connectivity index (χ2v) is 6.32. The molecule has 0 aliphatic rings. The van der Waals surface area contributed by atoms with E-state index in [9.17, 15) is 0 Å². The number of pyridine rings is 1. The van der Waals surface area contributed by atoms with E-state index in [1.165, 1.54) is 5.56 Å². The van der Waals surface area contributed by atoms with E-state index in [0.29, 0.717) is 12.0 Å². The summed E-state index contributed by atoms with van der Waals surface area (Å²) < 4.78 is 0.876. The van der Waals surface area contributed by atoms with Crippen LogP contribution >= 0.6 is 15.9 Å². The second kappa shape index (κ2) is 6.89. The standard InChI is InChI=1S/C17H21BrN2/c1-12(2)11-16(14-7-5-4-6-8-14)20-15-9-10-17(18)19-13(15)3/h4-10,12,16,20H,11H2,1-3H3. The molecule has 0 aliphatic heterocycles. The van der Waals surface area contributed by atoms with Gasteiger partial charge in [0.25, 0.3) is 0 Å². The Bertz CT molecular complexity index is 552. The number of rotatable bonds is 5. The summed E-state index contributed by atoms with van der Waals surface area (Å²) >= 11 is 3.41. The Kier molecular flexibility index (Phi) is 5.18.